The van der Waals surface area contributed by atoms with Crippen molar-refractivity contribution in [3.05, 3.63) is 35.4 Å². The fourth-order valence-corrected chi connectivity index (χ4v) is 1.52. The van der Waals surface area contributed by atoms with Crippen molar-refractivity contribution in [2.45, 2.75) is 39.0 Å². The zero-order valence-corrected chi connectivity index (χ0v) is 8.92. The molecule has 0 spiro atoms. The van der Waals surface area contributed by atoms with Crippen molar-refractivity contribution in [3.8, 4) is 12.3 Å². The number of terminal acetylenes is 1. The van der Waals surface area contributed by atoms with Crippen molar-refractivity contribution in [2.75, 3.05) is 0 Å². The Balaban J connectivity index is 2.43. The van der Waals surface area contributed by atoms with Crippen LogP contribution in [-0.4, -0.2) is 0 Å². The van der Waals surface area contributed by atoms with Gasteiger partial charge in [0.25, 0.3) is 0 Å². The molecule has 14 heavy (non-hydrogen) atoms. The first-order valence-corrected chi connectivity index (χ1v) is 5.38. The molecule has 0 atom stereocenters. The molecule has 0 nitrogen and oxygen atoms in total. The first kappa shape index (κ1) is 10.9. The predicted octanol–water partition coefficient (Wildman–Crippen LogP) is 3.60. The topological polar surface area (TPSA) is 0 Å². The highest BCUT2D eigenvalue weighted by Crippen LogP contribution is 2.08. The van der Waals surface area contributed by atoms with E-state index in [4.69, 9.17) is 6.42 Å². The van der Waals surface area contributed by atoms with Gasteiger partial charge in [0.15, 0.2) is 0 Å². The van der Waals surface area contributed by atoms with Crippen LogP contribution in [0.4, 0.5) is 0 Å². The van der Waals surface area contributed by atoms with Gasteiger partial charge in [0, 0.05) is 6.42 Å². The summed E-state index contributed by atoms with van der Waals surface area (Å²) in [4.78, 5) is 0. The molecule has 0 saturated heterocycles. The first-order chi connectivity index (χ1) is 6.86. The minimum Gasteiger partial charge on any atom is -0.120 e. The molecule has 74 valence electrons. The number of unbranched alkanes of at least 4 members (excludes halogenated alkanes) is 2. The van der Waals surface area contributed by atoms with E-state index < -0.39 is 0 Å². The quantitative estimate of drug-likeness (QED) is 0.487. The highest BCUT2D eigenvalue weighted by atomic mass is 14.0. The molecular formula is C14H18. The molecule has 1 rings (SSSR count). The van der Waals surface area contributed by atoms with Crippen molar-refractivity contribution >= 4 is 0 Å². The number of benzene rings is 1. The standard InChI is InChI=1S/C14H18/c1-3-5-6-8-14-11-9-13(7-4-2)10-12-14/h2,9-12H,3,5-8H2,1H3. The third-order valence-corrected chi connectivity index (χ3v) is 2.40. The normalized spacial score (nSPS) is 9.71. The minimum atomic E-state index is 0.745. The van der Waals surface area contributed by atoms with Gasteiger partial charge in [-0.15, -0.1) is 12.3 Å². The average Bonchev–Trinajstić information content (AvgIpc) is 2.21. The first-order valence-electron chi connectivity index (χ1n) is 5.38. The number of hydrogen-bond donors (Lipinski definition) is 0. The summed E-state index contributed by atoms with van der Waals surface area (Å²) in [7, 11) is 0. The lowest BCUT2D eigenvalue weighted by Crippen LogP contribution is -1.87. The number of aryl methyl sites for hydroxylation is 1. The lowest BCUT2D eigenvalue weighted by atomic mass is 10.0. The van der Waals surface area contributed by atoms with Crippen LogP contribution in [0.3, 0.4) is 0 Å². The van der Waals surface area contributed by atoms with Crippen LogP contribution >= 0.6 is 0 Å². The van der Waals surface area contributed by atoms with Gasteiger partial charge in [-0.05, 0) is 24.0 Å². The van der Waals surface area contributed by atoms with E-state index in [2.05, 4.69) is 37.1 Å². The van der Waals surface area contributed by atoms with Crippen LogP contribution in [-0.2, 0) is 12.8 Å². The van der Waals surface area contributed by atoms with E-state index in [0.29, 0.717) is 0 Å². The molecule has 0 aliphatic rings. The van der Waals surface area contributed by atoms with Crippen molar-refractivity contribution in [1.29, 1.82) is 0 Å². The van der Waals surface area contributed by atoms with Gasteiger partial charge in [-0.2, -0.15) is 0 Å². The molecule has 1 aromatic carbocycles. The highest BCUT2D eigenvalue weighted by molar-refractivity contribution is 5.25. The minimum absolute atomic E-state index is 0.745. The van der Waals surface area contributed by atoms with Gasteiger partial charge in [-0.1, -0.05) is 44.0 Å². The molecule has 0 saturated carbocycles. The van der Waals surface area contributed by atoms with Gasteiger partial charge in [0.1, 0.15) is 0 Å². The molecule has 0 fully saturated rings. The summed E-state index contributed by atoms with van der Waals surface area (Å²) in [5, 5.41) is 0. The predicted molar refractivity (Wildman–Crippen MR) is 62.2 cm³/mol. The van der Waals surface area contributed by atoms with Crippen molar-refractivity contribution in [1.82, 2.24) is 0 Å². The monoisotopic (exact) mass is 186 g/mol. The molecule has 0 amide bonds. The summed E-state index contributed by atoms with van der Waals surface area (Å²) in [5.74, 6) is 2.66. The Hall–Kier alpha value is -1.22. The molecule has 0 bridgehead atoms. The summed E-state index contributed by atoms with van der Waals surface area (Å²) in [5.41, 5.74) is 2.67. The third kappa shape index (κ3) is 3.66. The van der Waals surface area contributed by atoms with Crippen LogP contribution in [0.15, 0.2) is 24.3 Å². The van der Waals surface area contributed by atoms with Gasteiger partial charge in [0.05, 0.1) is 0 Å². The lowest BCUT2D eigenvalue weighted by Gasteiger charge is -2.01. The van der Waals surface area contributed by atoms with Crippen LogP contribution in [0.25, 0.3) is 0 Å². The van der Waals surface area contributed by atoms with Crippen molar-refractivity contribution in [3.63, 3.8) is 0 Å². The molecular weight excluding hydrogens is 168 g/mol. The fraction of sp³-hybridized carbons (Fsp3) is 0.429. The van der Waals surface area contributed by atoms with Crippen LogP contribution < -0.4 is 0 Å². The summed E-state index contributed by atoms with van der Waals surface area (Å²) in [6, 6.07) is 8.67. The maximum absolute atomic E-state index is 5.25. The van der Waals surface area contributed by atoms with E-state index in [9.17, 15) is 0 Å². The Morgan fingerprint density at radius 1 is 1.07 bits per heavy atom. The van der Waals surface area contributed by atoms with E-state index in [1.807, 2.05) is 0 Å². The largest absolute Gasteiger partial charge is 0.120 e. The van der Waals surface area contributed by atoms with Gasteiger partial charge in [-0.25, -0.2) is 0 Å². The zero-order valence-electron chi connectivity index (χ0n) is 8.92. The Kier molecular flexibility index (Phi) is 4.86. The molecule has 0 radical (unpaired) electrons. The molecule has 0 N–H and O–H groups in total. The SMILES string of the molecule is C#CCc1ccc(CCCCC)cc1. The maximum atomic E-state index is 5.25. The Morgan fingerprint density at radius 2 is 1.71 bits per heavy atom. The Bertz CT molecular complexity index is 287. The molecule has 0 unspecified atom stereocenters. The van der Waals surface area contributed by atoms with Gasteiger partial charge in [-0.3, -0.25) is 0 Å². The maximum Gasteiger partial charge on any atom is 0.0337 e. The number of hydrogen-bond acceptors (Lipinski definition) is 0. The number of rotatable bonds is 5. The smallest absolute Gasteiger partial charge is 0.0337 e. The van der Waals surface area contributed by atoms with Crippen molar-refractivity contribution in [2.24, 2.45) is 0 Å². The van der Waals surface area contributed by atoms with Crippen molar-refractivity contribution < 1.29 is 0 Å². The fourth-order valence-electron chi connectivity index (χ4n) is 1.52. The van der Waals surface area contributed by atoms with Gasteiger partial charge in [0.2, 0.25) is 0 Å². The summed E-state index contributed by atoms with van der Waals surface area (Å²) in [6.45, 7) is 2.23. The lowest BCUT2D eigenvalue weighted by molar-refractivity contribution is 0.717. The third-order valence-electron chi connectivity index (χ3n) is 2.40. The van der Waals surface area contributed by atoms with E-state index in [1.54, 1.807) is 0 Å². The molecule has 0 aromatic heterocycles. The molecule has 1 aromatic rings. The highest BCUT2D eigenvalue weighted by Gasteiger charge is 1.93. The molecule has 0 heteroatoms. The second-order valence-electron chi connectivity index (χ2n) is 3.65. The Labute approximate surface area is 87.4 Å². The van der Waals surface area contributed by atoms with Crippen LogP contribution in [0, 0.1) is 12.3 Å². The second kappa shape index (κ2) is 6.27. The van der Waals surface area contributed by atoms with Gasteiger partial charge >= 0.3 is 0 Å². The van der Waals surface area contributed by atoms with Gasteiger partial charge < -0.3 is 0 Å². The van der Waals surface area contributed by atoms with E-state index in [0.717, 1.165) is 6.42 Å². The summed E-state index contributed by atoms with van der Waals surface area (Å²) < 4.78 is 0. The summed E-state index contributed by atoms with van der Waals surface area (Å²) >= 11 is 0. The van der Waals surface area contributed by atoms with Crippen LogP contribution in [0.5, 0.6) is 0 Å². The van der Waals surface area contributed by atoms with E-state index >= 15 is 0 Å². The van der Waals surface area contributed by atoms with Crippen LogP contribution in [0.1, 0.15) is 37.3 Å². The second-order valence-corrected chi connectivity index (χ2v) is 3.65. The average molecular weight is 186 g/mol. The molecule has 0 heterocycles. The van der Waals surface area contributed by atoms with Crippen LogP contribution in [0.2, 0.25) is 0 Å². The van der Waals surface area contributed by atoms with E-state index in [1.165, 1.54) is 36.8 Å². The zero-order chi connectivity index (χ0) is 10.2. The Morgan fingerprint density at radius 3 is 2.29 bits per heavy atom. The summed E-state index contributed by atoms with van der Waals surface area (Å²) in [6.07, 6.45) is 11.1. The molecule has 0 aliphatic heterocycles. The molecule has 0 aliphatic carbocycles. The van der Waals surface area contributed by atoms with E-state index in [-0.39, 0.29) is 0 Å².